The number of hydrogen-bond acceptors (Lipinski definition) is 4. The molecular formula is C20H19FN2O3. The zero-order valence-corrected chi connectivity index (χ0v) is 14.4. The van der Waals surface area contributed by atoms with E-state index in [2.05, 4.69) is 11.7 Å². The van der Waals surface area contributed by atoms with Crippen LogP contribution in [0.4, 0.5) is 4.39 Å². The van der Waals surface area contributed by atoms with E-state index in [0.29, 0.717) is 12.2 Å². The molecule has 26 heavy (non-hydrogen) atoms. The third kappa shape index (κ3) is 3.91. The molecule has 6 heteroatoms. The average molecular weight is 354 g/mol. The maximum absolute atomic E-state index is 12.6. The van der Waals surface area contributed by atoms with Crippen LogP contribution >= 0.6 is 0 Å². The van der Waals surface area contributed by atoms with Gasteiger partial charge in [-0.15, -0.1) is 0 Å². The fraction of sp³-hybridized carbons (Fsp3) is 0.200. The predicted molar refractivity (Wildman–Crippen MR) is 96.3 cm³/mol. The summed E-state index contributed by atoms with van der Waals surface area (Å²) in [6.45, 7) is 3.42. The Morgan fingerprint density at radius 3 is 2.69 bits per heavy atom. The van der Waals surface area contributed by atoms with E-state index < -0.39 is 6.67 Å². The number of aromatic nitrogens is 1. The van der Waals surface area contributed by atoms with E-state index in [1.165, 1.54) is 12.1 Å². The minimum atomic E-state index is -0.726. The van der Waals surface area contributed by atoms with Gasteiger partial charge in [0.05, 0.1) is 13.7 Å². The first-order chi connectivity index (χ1) is 12.6. The van der Waals surface area contributed by atoms with Crippen molar-refractivity contribution in [1.82, 2.24) is 10.1 Å². The molecule has 0 aliphatic heterocycles. The Bertz CT molecular complexity index is 936. The van der Waals surface area contributed by atoms with Crippen LogP contribution in [0, 0.1) is 0 Å². The Morgan fingerprint density at radius 1 is 1.23 bits per heavy atom. The molecule has 1 amide bonds. The molecule has 0 spiro atoms. The van der Waals surface area contributed by atoms with Gasteiger partial charge in [0, 0.05) is 12.6 Å². The molecule has 1 heterocycles. The lowest BCUT2D eigenvalue weighted by Crippen LogP contribution is -2.28. The quantitative estimate of drug-likeness (QED) is 0.601. The van der Waals surface area contributed by atoms with E-state index in [1.54, 1.807) is 12.0 Å². The highest BCUT2D eigenvalue weighted by Gasteiger charge is 2.15. The number of methoxy groups -OCH3 is 1. The molecule has 0 saturated heterocycles. The monoisotopic (exact) mass is 354 g/mol. The molecule has 2 aromatic carbocycles. The van der Waals surface area contributed by atoms with Crippen molar-refractivity contribution in [3.8, 4) is 5.75 Å². The largest absolute Gasteiger partial charge is 0.497 e. The summed E-state index contributed by atoms with van der Waals surface area (Å²) in [5, 5.41) is 5.90. The summed E-state index contributed by atoms with van der Waals surface area (Å²) < 4.78 is 22.7. The summed E-state index contributed by atoms with van der Waals surface area (Å²) in [4.78, 5) is 13.8. The molecule has 134 valence electrons. The number of fused-ring (bicyclic) bond motifs is 1. The van der Waals surface area contributed by atoms with Gasteiger partial charge in [-0.1, -0.05) is 29.9 Å². The van der Waals surface area contributed by atoms with Gasteiger partial charge in [-0.3, -0.25) is 4.79 Å². The Labute approximate surface area is 150 Å². The number of benzene rings is 2. The lowest BCUT2D eigenvalue weighted by atomic mass is 10.1. The molecule has 3 rings (SSSR count). The Balaban J connectivity index is 1.82. The Morgan fingerprint density at radius 2 is 2.00 bits per heavy atom. The highest BCUT2D eigenvalue weighted by atomic mass is 19.1. The summed E-state index contributed by atoms with van der Waals surface area (Å²) in [5.74, 6) is 0.707. The molecule has 0 saturated carbocycles. The topological polar surface area (TPSA) is 55.6 Å². The first-order valence-corrected chi connectivity index (χ1v) is 8.11. The Hall–Kier alpha value is -3.15. The van der Waals surface area contributed by atoms with Crippen molar-refractivity contribution in [1.29, 1.82) is 0 Å². The molecule has 3 aromatic rings. The molecular weight excluding hydrogens is 335 g/mol. The summed E-state index contributed by atoms with van der Waals surface area (Å²) in [7, 11) is 1.63. The molecule has 0 aliphatic rings. The fourth-order valence-corrected chi connectivity index (χ4v) is 2.75. The summed E-state index contributed by atoms with van der Waals surface area (Å²) in [6, 6.07) is 13.3. The maximum atomic E-state index is 12.6. The van der Waals surface area contributed by atoms with Gasteiger partial charge in [0.25, 0.3) is 0 Å². The molecule has 0 atom stereocenters. The van der Waals surface area contributed by atoms with Crippen LogP contribution in [0.3, 0.4) is 0 Å². The number of hydrogen-bond donors (Lipinski definition) is 0. The highest BCUT2D eigenvalue weighted by Crippen LogP contribution is 2.23. The number of ether oxygens (including phenoxy) is 1. The molecule has 0 aliphatic carbocycles. The molecule has 0 fully saturated rings. The van der Waals surface area contributed by atoms with Crippen LogP contribution in [0.25, 0.3) is 10.8 Å². The minimum Gasteiger partial charge on any atom is -0.497 e. The second kappa shape index (κ2) is 7.82. The lowest BCUT2D eigenvalue weighted by Gasteiger charge is -2.20. The third-order valence-corrected chi connectivity index (χ3v) is 4.06. The smallest absolute Gasteiger partial charge is 0.246 e. The van der Waals surface area contributed by atoms with Gasteiger partial charge in [-0.05, 0) is 40.6 Å². The number of halogens is 1. The van der Waals surface area contributed by atoms with E-state index in [4.69, 9.17) is 9.26 Å². The van der Waals surface area contributed by atoms with Crippen molar-refractivity contribution in [2.45, 2.75) is 19.8 Å². The van der Waals surface area contributed by atoms with Gasteiger partial charge in [-0.2, -0.15) is 0 Å². The second-order valence-corrected chi connectivity index (χ2v) is 5.86. The molecule has 0 radical (unpaired) electrons. The van der Waals surface area contributed by atoms with Crippen molar-refractivity contribution in [2.75, 3.05) is 7.11 Å². The summed E-state index contributed by atoms with van der Waals surface area (Å²) in [5.41, 5.74) is 1.46. The van der Waals surface area contributed by atoms with Gasteiger partial charge in [-0.25, -0.2) is 4.39 Å². The minimum absolute atomic E-state index is 0.144. The molecule has 5 nitrogen and oxygen atoms in total. The van der Waals surface area contributed by atoms with Crippen molar-refractivity contribution in [3.05, 3.63) is 72.1 Å². The fourth-order valence-electron chi connectivity index (χ4n) is 2.75. The SMILES string of the molecule is C=CC(=O)N(Cc1ccc2cc(OC)ccc2c1)Cc1cc(CF)on1. The highest BCUT2D eigenvalue weighted by molar-refractivity contribution is 5.87. The van der Waals surface area contributed by atoms with Crippen molar-refractivity contribution >= 4 is 16.7 Å². The van der Waals surface area contributed by atoms with Crippen molar-refractivity contribution < 1.29 is 18.4 Å². The number of rotatable bonds is 7. The van der Waals surface area contributed by atoms with Crippen LogP contribution in [0.5, 0.6) is 5.75 Å². The van der Waals surface area contributed by atoms with Gasteiger partial charge in [0.15, 0.2) is 5.76 Å². The van der Waals surface area contributed by atoms with Crippen LogP contribution < -0.4 is 4.74 Å². The number of amides is 1. The van der Waals surface area contributed by atoms with Gasteiger partial charge >= 0.3 is 0 Å². The van der Waals surface area contributed by atoms with Gasteiger partial charge in [0.2, 0.25) is 5.91 Å². The van der Waals surface area contributed by atoms with Crippen LogP contribution in [0.2, 0.25) is 0 Å². The number of alkyl halides is 1. The summed E-state index contributed by atoms with van der Waals surface area (Å²) in [6.07, 6.45) is 1.25. The predicted octanol–water partition coefficient (Wildman–Crippen LogP) is 4.02. The van der Waals surface area contributed by atoms with E-state index in [9.17, 15) is 9.18 Å². The summed E-state index contributed by atoms with van der Waals surface area (Å²) >= 11 is 0. The first kappa shape index (κ1) is 17.7. The van der Waals surface area contributed by atoms with E-state index in [-0.39, 0.29) is 18.2 Å². The number of nitrogens with zero attached hydrogens (tertiary/aromatic N) is 2. The van der Waals surface area contributed by atoms with Crippen molar-refractivity contribution in [2.24, 2.45) is 0 Å². The zero-order valence-electron chi connectivity index (χ0n) is 14.4. The molecule has 0 N–H and O–H groups in total. The molecule has 0 unspecified atom stereocenters. The van der Waals surface area contributed by atoms with Gasteiger partial charge in [0.1, 0.15) is 18.1 Å². The lowest BCUT2D eigenvalue weighted by molar-refractivity contribution is -0.127. The van der Waals surface area contributed by atoms with Crippen LogP contribution in [0.1, 0.15) is 17.0 Å². The van der Waals surface area contributed by atoms with Crippen LogP contribution in [0.15, 0.2) is 59.6 Å². The van der Waals surface area contributed by atoms with E-state index in [0.717, 1.165) is 22.1 Å². The zero-order chi connectivity index (χ0) is 18.5. The third-order valence-electron chi connectivity index (χ3n) is 4.06. The number of carbonyl (C=O) groups is 1. The average Bonchev–Trinajstić information content (AvgIpc) is 3.14. The first-order valence-electron chi connectivity index (χ1n) is 8.11. The maximum Gasteiger partial charge on any atom is 0.246 e. The molecule has 1 aromatic heterocycles. The van der Waals surface area contributed by atoms with Crippen LogP contribution in [-0.4, -0.2) is 23.1 Å². The standard InChI is InChI=1S/C20H19FN2O3/c1-3-20(24)23(13-17-10-19(11-21)26-22-17)12-14-4-5-16-9-18(25-2)7-6-15(16)8-14/h3-10H,1,11-13H2,2H3. The molecule has 0 bridgehead atoms. The Kier molecular flexibility index (Phi) is 5.31. The van der Waals surface area contributed by atoms with Crippen LogP contribution in [-0.2, 0) is 24.6 Å². The second-order valence-electron chi connectivity index (χ2n) is 5.86. The van der Waals surface area contributed by atoms with E-state index >= 15 is 0 Å². The van der Waals surface area contributed by atoms with E-state index in [1.807, 2.05) is 36.4 Å². The van der Waals surface area contributed by atoms with Crippen molar-refractivity contribution in [3.63, 3.8) is 0 Å². The number of carbonyl (C=O) groups excluding carboxylic acids is 1. The normalized spacial score (nSPS) is 10.7. The van der Waals surface area contributed by atoms with Gasteiger partial charge < -0.3 is 14.2 Å².